The fraction of sp³-hybridized carbons (Fsp3) is 0.643. The van der Waals surface area contributed by atoms with Crippen LogP contribution in [-0.4, -0.2) is 29.2 Å². The standard InChI is InChI=1S/C14H18O5/c1-2-19-13(18)9-6-14(5-3-4-12(14)17)7-11(16)10(9)8-15/h8-9,15H,2-7H2,1H3/b10-8+/t9-,14+/m1/s1. The first-order chi connectivity index (χ1) is 9.04. The van der Waals surface area contributed by atoms with Crippen molar-refractivity contribution in [2.45, 2.75) is 39.0 Å². The molecule has 0 aromatic heterocycles. The number of hydrogen-bond donors (Lipinski definition) is 1. The number of ether oxygens (including phenoxy) is 1. The lowest BCUT2D eigenvalue weighted by Crippen LogP contribution is -2.41. The van der Waals surface area contributed by atoms with E-state index < -0.39 is 17.3 Å². The zero-order valence-corrected chi connectivity index (χ0v) is 11.0. The molecule has 1 N–H and O–H groups in total. The minimum absolute atomic E-state index is 0.0622. The van der Waals surface area contributed by atoms with E-state index in [2.05, 4.69) is 0 Å². The zero-order chi connectivity index (χ0) is 14.0. The van der Waals surface area contributed by atoms with Crippen LogP contribution in [0.15, 0.2) is 11.8 Å². The summed E-state index contributed by atoms with van der Waals surface area (Å²) in [7, 11) is 0. The van der Waals surface area contributed by atoms with Crippen molar-refractivity contribution in [2.75, 3.05) is 6.61 Å². The van der Waals surface area contributed by atoms with Gasteiger partial charge >= 0.3 is 5.97 Å². The molecule has 1 spiro atoms. The molecular formula is C14H18O5. The summed E-state index contributed by atoms with van der Waals surface area (Å²) in [6, 6.07) is 0. The van der Waals surface area contributed by atoms with Crippen LogP contribution in [0.1, 0.15) is 39.0 Å². The summed E-state index contributed by atoms with van der Waals surface area (Å²) in [5, 5.41) is 9.17. The van der Waals surface area contributed by atoms with Crippen molar-refractivity contribution in [1.29, 1.82) is 0 Å². The summed E-state index contributed by atoms with van der Waals surface area (Å²) in [6.45, 7) is 1.89. The number of aliphatic hydroxyl groups is 1. The van der Waals surface area contributed by atoms with Crippen LogP contribution < -0.4 is 0 Å². The van der Waals surface area contributed by atoms with Crippen LogP contribution in [0.5, 0.6) is 0 Å². The van der Waals surface area contributed by atoms with Gasteiger partial charge in [0.2, 0.25) is 0 Å². The summed E-state index contributed by atoms with van der Waals surface area (Å²) in [6.07, 6.45) is 2.96. The topological polar surface area (TPSA) is 80.7 Å². The minimum Gasteiger partial charge on any atom is -0.515 e. The quantitative estimate of drug-likeness (QED) is 0.467. The third-order valence-corrected chi connectivity index (χ3v) is 4.15. The molecule has 0 unspecified atom stereocenters. The van der Waals surface area contributed by atoms with E-state index in [4.69, 9.17) is 4.74 Å². The lowest BCUT2D eigenvalue weighted by atomic mass is 9.66. The number of Topliss-reactive ketones (excluding diaryl/α,β-unsaturated/α-hetero) is 2. The predicted molar refractivity (Wildman–Crippen MR) is 66.4 cm³/mol. The Bertz CT molecular complexity index is 451. The van der Waals surface area contributed by atoms with E-state index in [0.29, 0.717) is 19.1 Å². The van der Waals surface area contributed by atoms with Crippen molar-refractivity contribution in [1.82, 2.24) is 0 Å². The molecule has 19 heavy (non-hydrogen) atoms. The summed E-state index contributed by atoms with van der Waals surface area (Å²) in [4.78, 5) is 36.0. The van der Waals surface area contributed by atoms with E-state index in [1.54, 1.807) is 6.92 Å². The van der Waals surface area contributed by atoms with Crippen LogP contribution in [0.25, 0.3) is 0 Å². The molecule has 2 aliphatic rings. The number of aliphatic hydroxyl groups excluding tert-OH is 1. The number of hydrogen-bond acceptors (Lipinski definition) is 5. The van der Waals surface area contributed by atoms with Crippen LogP contribution in [0, 0.1) is 11.3 Å². The Hall–Kier alpha value is -1.65. The molecule has 2 aliphatic carbocycles. The molecule has 2 atom stereocenters. The fourth-order valence-corrected chi connectivity index (χ4v) is 3.19. The second-order valence-electron chi connectivity index (χ2n) is 5.25. The molecule has 0 saturated heterocycles. The van der Waals surface area contributed by atoms with Gasteiger partial charge in [-0.05, 0) is 26.2 Å². The third kappa shape index (κ3) is 2.29. The van der Waals surface area contributed by atoms with Crippen molar-refractivity contribution < 1.29 is 24.2 Å². The van der Waals surface area contributed by atoms with Gasteiger partial charge in [0, 0.05) is 23.8 Å². The zero-order valence-electron chi connectivity index (χ0n) is 11.0. The minimum atomic E-state index is -0.812. The van der Waals surface area contributed by atoms with Gasteiger partial charge in [0.1, 0.15) is 5.78 Å². The highest BCUT2D eigenvalue weighted by molar-refractivity contribution is 6.05. The largest absolute Gasteiger partial charge is 0.515 e. The molecule has 0 aromatic carbocycles. The molecule has 2 rings (SSSR count). The summed E-state index contributed by atoms with van der Waals surface area (Å²) < 4.78 is 4.95. The normalized spacial score (nSPS) is 33.1. The van der Waals surface area contributed by atoms with E-state index in [0.717, 1.165) is 6.42 Å². The van der Waals surface area contributed by atoms with Gasteiger partial charge in [0.25, 0.3) is 0 Å². The van der Waals surface area contributed by atoms with Crippen molar-refractivity contribution in [3.8, 4) is 0 Å². The highest BCUT2D eigenvalue weighted by Crippen LogP contribution is 2.49. The van der Waals surface area contributed by atoms with E-state index in [-0.39, 0.29) is 36.6 Å². The van der Waals surface area contributed by atoms with Crippen LogP contribution in [-0.2, 0) is 19.1 Å². The Morgan fingerprint density at radius 3 is 2.79 bits per heavy atom. The predicted octanol–water partition coefficient (Wildman–Crippen LogP) is 1.71. The lowest BCUT2D eigenvalue weighted by molar-refractivity contribution is -0.151. The van der Waals surface area contributed by atoms with Gasteiger partial charge in [-0.3, -0.25) is 14.4 Å². The Kier molecular flexibility index (Phi) is 3.73. The van der Waals surface area contributed by atoms with Crippen LogP contribution in [0.3, 0.4) is 0 Å². The molecule has 5 heteroatoms. The summed E-state index contributed by atoms with van der Waals surface area (Å²) in [5.74, 6) is -1.60. The number of carbonyl (C=O) groups is 3. The smallest absolute Gasteiger partial charge is 0.313 e. The van der Waals surface area contributed by atoms with Crippen LogP contribution >= 0.6 is 0 Å². The number of rotatable bonds is 2. The molecule has 2 fully saturated rings. The SMILES string of the molecule is CCOC(=O)[C@@H]1C[C@@]2(CCCC2=O)CC(=O)/C1=C/O. The first-order valence-electron chi connectivity index (χ1n) is 6.61. The highest BCUT2D eigenvalue weighted by Gasteiger charge is 2.51. The molecule has 2 saturated carbocycles. The Morgan fingerprint density at radius 2 is 2.26 bits per heavy atom. The number of esters is 1. The Morgan fingerprint density at radius 1 is 1.53 bits per heavy atom. The molecule has 0 heterocycles. The second-order valence-corrected chi connectivity index (χ2v) is 5.25. The maximum Gasteiger partial charge on any atom is 0.313 e. The van der Waals surface area contributed by atoms with Crippen molar-refractivity contribution in [2.24, 2.45) is 11.3 Å². The molecule has 0 bridgehead atoms. The fourth-order valence-electron chi connectivity index (χ4n) is 3.19. The van der Waals surface area contributed by atoms with Crippen LogP contribution in [0.2, 0.25) is 0 Å². The molecule has 104 valence electrons. The molecule has 0 amide bonds. The number of carbonyl (C=O) groups excluding carboxylic acids is 3. The van der Waals surface area contributed by atoms with Gasteiger partial charge in [-0.25, -0.2) is 0 Å². The second kappa shape index (κ2) is 5.15. The lowest BCUT2D eigenvalue weighted by Gasteiger charge is -2.35. The maximum atomic E-state index is 12.1. The van der Waals surface area contributed by atoms with Crippen molar-refractivity contribution >= 4 is 17.5 Å². The third-order valence-electron chi connectivity index (χ3n) is 4.15. The molecule has 0 aliphatic heterocycles. The Labute approximate surface area is 111 Å². The first-order valence-corrected chi connectivity index (χ1v) is 6.61. The van der Waals surface area contributed by atoms with Crippen molar-refractivity contribution in [3.05, 3.63) is 11.8 Å². The highest BCUT2D eigenvalue weighted by atomic mass is 16.5. The molecule has 0 aromatic rings. The van der Waals surface area contributed by atoms with Gasteiger partial charge in [0.05, 0.1) is 18.8 Å². The van der Waals surface area contributed by atoms with E-state index in [9.17, 15) is 19.5 Å². The number of ketones is 2. The monoisotopic (exact) mass is 266 g/mol. The first kappa shape index (κ1) is 13.8. The Balaban J connectivity index is 2.30. The molecule has 5 nitrogen and oxygen atoms in total. The summed E-state index contributed by atoms with van der Waals surface area (Å²) >= 11 is 0. The average Bonchev–Trinajstić information content (AvgIpc) is 2.70. The van der Waals surface area contributed by atoms with E-state index >= 15 is 0 Å². The van der Waals surface area contributed by atoms with Gasteiger partial charge < -0.3 is 9.84 Å². The average molecular weight is 266 g/mol. The van der Waals surface area contributed by atoms with Crippen LogP contribution in [0.4, 0.5) is 0 Å². The summed E-state index contributed by atoms with van der Waals surface area (Å²) in [5.41, 5.74) is -0.634. The van der Waals surface area contributed by atoms with Gasteiger partial charge in [0.15, 0.2) is 5.78 Å². The van der Waals surface area contributed by atoms with Gasteiger partial charge in [-0.1, -0.05) is 0 Å². The van der Waals surface area contributed by atoms with E-state index in [1.807, 2.05) is 0 Å². The van der Waals surface area contributed by atoms with Crippen molar-refractivity contribution in [3.63, 3.8) is 0 Å². The van der Waals surface area contributed by atoms with E-state index in [1.165, 1.54) is 0 Å². The molecular weight excluding hydrogens is 248 g/mol. The van der Waals surface area contributed by atoms with Gasteiger partial charge in [-0.15, -0.1) is 0 Å². The van der Waals surface area contributed by atoms with Gasteiger partial charge in [-0.2, -0.15) is 0 Å². The maximum absolute atomic E-state index is 12.1. The molecule has 0 radical (unpaired) electrons.